The minimum atomic E-state index is 0.136. The van der Waals surface area contributed by atoms with Crippen molar-refractivity contribution in [1.82, 2.24) is 20.3 Å². The number of thiophene rings is 1. The number of amides is 1. The normalized spacial score (nSPS) is 20.0. The van der Waals surface area contributed by atoms with Crippen LogP contribution in [0.1, 0.15) is 86.4 Å². The van der Waals surface area contributed by atoms with Gasteiger partial charge in [0.1, 0.15) is 0 Å². The Hall–Kier alpha value is -1.32. The minimum Gasteiger partial charge on any atom is -0.348 e. The van der Waals surface area contributed by atoms with Gasteiger partial charge < -0.3 is 20.3 Å². The lowest BCUT2D eigenvalue weighted by molar-refractivity contribution is -0.120. The van der Waals surface area contributed by atoms with E-state index >= 15 is 0 Å². The Labute approximate surface area is 268 Å². The third-order valence-corrected chi connectivity index (χ3v) is 11.9. The van der Waals surface area contributed by atoms with Crippen molar-refractivity contribution in [3.05, 3.63) is 46.3 Å². The lowest BCUT2D eigenvalue weighted by atomic mass is 9.81. The van der Waals surface area contributed by atoms with E-state index < -0.39 is 0 Å². The molecule has 0 radical (unpaired) electrons. The van der Waals surface area contributed by atoms with Crippen molar-refractivity contribution in [3.8, 4) is 0 Å². The van der Waals surface area contributed by atoms with Crippen LogP contribution in [0.2, 0.25) is 0 Å². The number of carbonyl (C=O) groups excluding carboxylic acids is 1. The highest BCUT2D eigenvalue weighted by Gasteiger charge is 2.31. The van der Waals surface area contributed by atoms with Gasteiger partial charge in [-0.25, -0.2) is 0 Å². The molecule has 3 rings (SSSR count). The van der Waals surface area contributed by atoms with E-state index in [4.69, 9.17) is 0 Å². The highest BCUT2D eigenvalue weighted by molar-refractivity contribution is 8.14. The second-order valence-corrected chi connectivity index (χ2v) is 15.9. The molecular formula is C34H56N4OS3. The summed E-state index contributed by atoms with van der Waals surface area (Å²) in [5, 5.41) is 6.52. The zero-order chi connectivity index (χ0) is 30.5. The van der Waals surface area contributed by atoms with Gasteiger partial charge in [-0.15, -0.1) is 11.3 Å². The van der Waals surface area contributed by atoms with E-state index in [9.17, 15) is 4.79 Å². The molecule has 8 heteroatoms. The quantitative estimate of drug-likeness (QED) is 0.109. The summed E-state index contributed by atoms with van der Waals surface area (Å²) in [6, 6.07) is 3.07. The van der Waals surface area contributed by atoms with Gasteiger partial charge in [0.05, 0.1) is 12.6 Å². The first kappa shape index (κ1) is 35.2. The van der Waals surface area contributed by atoms with Gasteiger partial charge in [0.15, 0.2) is 0 Å². The van der Waals surface area contributed by atoms with Crippen molar-refractivity contribution in [2.75, 3.05) is 39.2 Å². The molecule has 1 amide bonds. The number of allylic oxidation sites excluding steroid dienone is 2. The Bertz CT molecular complexity index is 1060. The molecule has 1 aliphatic carbocycles. The minimum absolute atomic E-state index is 0.136. The first-order valence-electron chi connectivity index (χ1n) is 15.9. The predicted octanol–water partition coefficient (Wildman–Crippen LogP) is 7.15. The molecule has 236 valence electrons. The first-order chi connectivity index (χ1) is 20.3. The van der Waals surface area contributed by atoms with Crippen molar-refractivity contribution < 1.29 is 4.79 Å². The van der Waals surface area contributed by atoms with Crippen LogP contribution in [-0.4, -0.2) is 66.9 Å². The fraction of sp³-hybridized carbons (Fsp3) is 0.647. The lowest BCUT2D eigenvalue weighted by Gasteiger charge is -2.35. The molecule has 1 saturated carbocycles. The number of rotatable bonds is 17. The summed E-state index contributed by atoms with van der Waals surface area (Å²) in [6.45, 7) is 13.0. The predicted molar refractivity (Wildman–Crippen MR) is 193 cm³/mol. The number of hydrogen-bond donors (Lipinski definition) is 4. The molecule has 0 spiro atoms. The summed E-state index contributed by atoms with van der Waals surface area (Å²) >= 11 is 6.19. The Balaban J connectivity index is 1.59. The van der Waals surface area contributed by atoms with Crippen molar-refractivity contribution >= 4 is 57.6 Å². The molecule has 2 aliphatic rings. The molecule has 0 bridgehead atoms. The average molecular weight is 633 g/mol. The fourth-order valence-electron chi connectivity index (χ4n) is 6.74. The second-order valence-electron chi connectivity index (χ2n) is 12.4. The summed E-state index contributed by atoms with van der Waals surface area (Å²) in [7, 11) is 2.03. The van der Waals surface area contributed by atoms with E-state index in [0.29, 0.717) is 24.4 Å². The third kappa shape index (κ3) is 10.7. The van der Waals surface area contributed by atoms with E-state index in [-0.39, 0.29) is 22.4 Å². The van der Waals surface area contributed by atoms with Gasteiger partial charge in [-0.2, -0.15) is 10.5 Å². The number of likely N-dealkylation sites (N-methyl/N-ethyl adjacent to an activating group) is 1. The molecule has 1 aliphatic heterocycles. The summed E-state index contributed by atoms with van der Waals surface area (Å²) in [5.41, 5.74) is 2.31. The van der Waals surface area contributed by atoms with Crippen LogP contribution in [0.4, 0.5) is 0 Å². The molecule has 1 saturated heterocycles. The topological polar surface area (TPSA) is 56.4 Å². The first-order valence-corrected chi connectivity index (χ1v) is 19.2. The molecule has 5 nitrogen and oxygen atoms in total. The molecule has 3 N–H and O–H groups in total. The fourth-order valence-corrected chi connectivity index (χ4v) is 9.24. The van der Waals surface area contributed by atoms with E-state index in [1.54, 1.807) is 16.2 Å². The van der Waals surface area contributed by atoms with E-state index in [2.05, 4.69) is 77.8 Å². The maximum Gasteiger partial charge on any atom is 0.234 e. The van der Waals surface area contributed by atoms with Crippen molar-refractivity contribution in [1.29, 1.82) is 0 Å². The summed E-state index contributed by atoms with van der Waals surface area (Å²) < 4.78 is 3.14. The van der Waals surface area contributed by atoms with Gasteiger partial charge in [-0.1, -0.05) is 70.4 Å². The monoisotopic (exact) mass is 632 g/mol. The van der Waals surface area contributed by atoms with E-state index in [0.717, 1.165) is 37.1 Å². The number of nitrogens with zero attached hydrogens (tertiary/aromatic N) is 1. The van der Waals surface area contributed by atoms with Crippen LogP contribution < -0.4 is 15.4 Å². The van der Waals surface area contributed by atoms with Gasteiger partial charge in [0.25, 0.3) is 0 Å². The molecule has 3 unspecified atom stereocenters. The van der Waals surface area contributed by atoms with Crippen LogP contribution in [0.15, 0.2) is 31.0 Å². The molecule has 2 heterocycles. The van der Waals surface area contributed by atoms with E-state index in [1.165, 1.54) is 67.7 Å². The van der Waals surface area contributed by atoms with Crippen molar-refractivity contribution in [2.24, 2.45) is 11.8 Å². The van der Waals surface area contributed by atoms with Crippen LogP contribution in [0.25, 0.3) is 12.2 Å². The van der Waals surface area contributed by atoms with Gasteiger partial charge in [-0.05, 0) is 99.4 Å². The Morgan fingerprint density at radius 2 is 1.95 bits per heavy atom. The largest absolute Gasteiger partial charge is 0.348 e. The third-order valence-electron chi connectivity index (χ3n) is 8.94. The molecular weight excluding hydrogens is 577 g/mol. The number of thiol groups is 1. The standard InChI is InChI=1S/C34H56N4OS3/c1-7-26-21-30(41-31(26)8-2)22-28(37-40)17-16-25(3)24-38-20-12-15-29(38)18-19-32(42(5)6)34(36-33(39)23-35-4)27-13-10-9-11-14-27/h7-8,17,21,25,27,29,34-35,37,40H,1-2,9-16,18-20,22-24H2,3-6H3,(H,36,39)/b28-17-. The molecule has 3 atom stereocenters. The Kier molecular flexibility index (Phi) is 15.5. The van der Waals surface area contributed by atoms with Gasteiger partial charge in [0.2, 0.25) is 5.91 Å². The SMILES string of the molecule is C=Cc1cc(C/C(=C/CC(C)CN2CCCC2CCC(C(NC(=O)CNC)C2CCCCC2)=S(C)C)NS)sc1C=C. The zero-order valence-corrected chi connectivity index (χ0v) is 29.1. The highest BCUT2D eigenvalue weighted by atomic mass is 32.2. The van der Waals surface area contributed by atoms with Crippen LogP contribution in [0.3, 0.4) is 0 Å². The van der Waals surface area contributed by atoms with Gasteiger partial charge in [0, 0.05) is 34.5 Å². The molecule has 1 aromatic rings. The zero-order valence-electron chi connectivity index (χ0n) is 26.6. The number of hydrogen-bond acceptors (Lipinski definition) is 6. The van der Waals surface area contributed by atoms with Crippen LogP contribution in [-0.2, 0) is 11.2 Å². The van der Waals surface area contributed by atoms with Crippen molar-refractivity contribution in [2.45, 2.75) is 89.6 Å². The summed E-state index contributed by atoms with van der Waals surface area (Å²) in [5.74, 6) is 1.30. The summed E-state index contributed by atoms with van der Waals surface area (Å²) in [4.78, 5) is 19.5. The van der Waals surface area contributed by atoms with Crippen molar-refractivity contribution in [3.63, 3.8) is 0 Å². The Morgan fingerprint density at radius 1 is 1.19 bits per heavy atom. The number of nitrogens with one attached hydrogen (secondary N) is 3. The van der Waals surface area contributed by atoms with E-state index in [1.807, 2.05) is 19.2 Å². The second kappa shape index (κ2) is 18.5. The molecule has 0 aromatic carbocycles. The van der Waals surface area contributed by atoms with Crippen LogP contribution in [0, 0.1) is 11.8 Å². The highest BCUT2D eigenvalue weighted by Crippen LogP contribution is 2.32. The molecule has 2 fully saturated rings. The smallest absolute Gasteiger partial charge is 0.234 e. The number of carbonyl (C=O) groups is 1. The van der Waals surface area contributed by atoms with Gasteiger partial charge in [-0.3, -0.25) is 4.79 Å². The van der Waals surface area contributed by atoms with Gasteiger partial charge >= 0.3 is 0 Å². The maximum atomic E-state index is 12.7. The molecule has 1 aromatic heterocycles. The lowest BCUT2D eigenvalue weighted by Crippen LogP contribution is -2.49. The average Bonchev–Trinajstić information content (AvgIpc) is 3.60. The maximum absolute atomic E-state index is 12.7. The van der Waals surface area contributed by atoms with Crippen LogP contribution >= 0.6 is 34.6 Å². The Morgan fingerprint density at radius 3 is 2.57 bits per heavy atom. The van der Waals surface area contributed by atoms with Crippen LogP contribution in [0.5, 0.6) is 0 Å². The summed E-state index contributed by atoms with van der Waals surface area (Å²) in [6.07, 6.45) is 24.1. The molecule has 42 heavy (non-hydrogen) atoms. The number of likely N-dealkylation sites (tertiary alicyclic amines) is 1.